The summed E-state index contributed by atoms with van der Waals surface area (Å²) in [6.45, 7) is 4.19. The molecule has 0 amide bonds. The van der Waals surface area contributed by atoms with Gasteiger partial charge in [0.25, 0.3) is 0 Å². The maximum atomic E-state index is 5.96. The molecular formula is C18H29NO. The zero-order chi connectivity index (χ0) is 14.0. The van der Waals surface area contributed by atoms with Crippen LogP contribution in [0.1, 0.15) is 63.5 Å². The van der Waals surface area contributed by atoms with E-state index in [9.17, 15) is 0 Å². The molecule has 0 saturated heterocycles. The van der Waals surface area contributed by atoms with Crippen LogP contribution in [-0.2, 0) is 4.74 Å². The van der Waals surface area contributed by atoms with E-state index >= 15 is 0 Å². The number of ether oxygens (including phenoxy) is 1. The number of rotatable bonds is 8. The molecule has 2 nitrogen and oxygen atoms in total. The average Bonchev–Trinajstić information content (AvgIpc) is 2.53. The molecule has 1 fully saturated rings. The second-order valence-corrected chi connectivity index (χ2v) is 5.81. The lowest BCUT2D eigenvalue weighted by atomic mass is 9.98. The van der Waals surface area contributed by atoms with E-state index in [4.69, 9.17) is 4.74 Å². The van der Waals surface area contributed by atoms with Gasteiger partial charge in [0.2, 0.25) is 0 Å². The molecular weight excluding hydrogens is 246 g/mol. The maximum absolute atomic E-state index is 5.96. The third-order valence-electron chi connectivity index (χ3n) is 4.23. The van der Waals surface area contributed by atoms with Gasteiger partial charge in [-0.15, -0.1) is 0 Å². The van der Waals surface area contributed by atoms with Crippen LogP contribution in [-0.4, -0.2) is 19.3 Å². The van der Waals surface area contributed by atoms with Crippen molar-refractivity contribution in [3.05, 3.63) is 35.9 Å². The van der Waals surface area contributed by atoms with E-state index < -0.39 is 0 Å². The third-order valence-corrected chi connectivity index (χ3v) is 4.23. The quantitative estimate of drug-likeness (QED) is 0.707. The molecule has 0 radical (unpaired) electrons. The van der Waals surface area contributed by atoms with E-state index in [0.717, 1.165) is 26.0 Å². The van der Waals surface area contributed by atoms with Crippen LogP contribution >= 0.6 is 0 Å². The van der Waals surface area contributed by atoms with Gasteiger partial charge in [-0.2, -0.15) is 0 Å². The molecule has 1 aliphatic rings. The van der Waals surface area contributed by atoms with Crippen LogP contribution in [0.4, 0.5) is 0 Å². The number of benzene rings is 1. The second-order valence-electron chi connectivity index (χ2n) is 5.81. The topological polar surface area (TPSA) is 21.3 Å². The van der Waals surface area contributed by atoms with Gasteiger partial charge in [0.1, 0.15) is 0 Å². The molecule has 1 aromatic rings. The van der Waals surface area contributed by atoms with E-state index in [2.05, 4.69) is 42.6 Å². The standard InChI is InChI=1S/C18H29NO/c1-2-18(16-10-5-3-6-11-16)19-14-9-15-20-17-12-7-4-8-13-17/h3,5-6,10-11,17-19H,2,4,7-9,12-15H2,1H3. The Morgan fingerprint density at radius 1 is 1.15 bits per heavy atom. The monoisotopic (exact) mass is 275 g/mol. The van der Waals surface area contributed by atoms with Gasteiger partial charge >= 0.3 is 0 Å². The molecule has 0 bridgehead atoms. The molecule has 112 valence electrons. The predicted octanol–water partition coefficient (Wildman–Crippen LogP) is 4.47. The SMILES string of the molecule is CCC(NCCCOC1CCCCC1)c1ccccc1. The molecule has 1 N–H and O–H groups in total. The Hall–Kier alpha value is -0.860. The first-order valence-corrected chi connectivity index (χ1v) is 8.30. The third kappa shape index (κ3) is 5.26. The number of nitrogens with one attached hydrogen (secondary N) is 1. The van der Waals surface area contributed by atoms with Crippen LogP contribution in [0.2, 0.25) is 0 Å². The largest absolute Gasteiger partial charge is 0.378 e. The van der Waals surface area contributed by atoms with E-state index in [0.29, 0.717) is 12.1 Å². The molecule has 0 spiro atoms. The van der Waals surface area contributed by atoms with Crippen molar-refractivity contribution in [2.24, 2.45) is 0 Å². The smallest absolute Gasteiger partial charge is 0.0575 e. The van der Waals surface area contributed by atoms with Crippen LogP contribution < -0.4 is 5.32 Å². The summed E-state index contributed by atoms with van der Waals surface area (Å²) in [5.74, 6) is 0. The lowest BCUT2D eigenvalue weighted by molar-refractivity contribution is 0.0271. The van der Waals surface area contributed by atoms with Crippen LogP contribution in [0, 0.1) is 0 Å². The van der Waals surface area contributed by atoms with Gasteiger partial charge in [-0.05, 0) is 37.8 Å². The minimum absolute atomic E-state index is 0.478. The van der Waals surface area contributed by atoms with Crippen molar-refractivity contribution in [2.75, 3.05) is 13.2 Å². The molecule has 1 aliphatic carbocycles. The molecule has 0 heterocycles. The molecule has 0 aromatic heterocycles. The summed E-state index contributed by atoms with van der Waals surface area (Å²) in [5, 5.41) is 3.64. The number of hydrogen-bond acceptors (Lipinski definition) is 2. The predicted molar refractivity (Wildman–Crippen MR) is 84.9 cm³/mol. The molecule has 2 heteroatoms. The Kier molecular flexibility index (Phi) is 7.10. The van der Waals surface area contributed by atoms with Crippen molar-refractivity contribution < 1.29 is 4.74 Å². The molecule has 1 atom stereocenters. The highest BCUT2D eigenvalue weighted by molar-refractivity contribution is 5.18. The minimum Gasteiger partial charge on any atom is -0.378 e. The first-order valence-electron chi connectivity index (χ1n) is 8.30. The summed E-state index contributed by atoms with van der Waals surface area (Å²) in [7, 11) is 0. The van der Waals surface area contributed by atoms with E-state index in [1.807, 2.05) is 0 Å². The van der Waals surface area contributed by atoms with Gasteiger partial charge < -0.3 is 10.1 Å². The van der Waals surface area contributed by atoms with Gasteiger partial charge in [-0.1, -0.05) is 56.5 Å². The molecule has 1 aromatic carbocycles. The first-order chi connectivity index (χ1) is 9.90. The highest BCUT2D eigenvalue weighted by Crippen LogP contribution is 2.20. The Balaban J connectivity index is 1.59. The van der Waals surface area contributed by atoms with Crippen molar-refractivity contribution in [3.8, 4) is 0 Å². The Labute approximate surface area is 123 Å². The van der Waals surface area contributed by atoms with Gasteiger partial charge in [0.15, 0.2) is 0 Å². The zero-order valence-corrected chi connectivity index (χ0v) is 12.8. The van der Waals surface area contributed by atoms with Crippen LogP contribution in [0.25, 0.3) is 0 Å². The number of hydrogen-bond donors (Lipinski definition) is 1. The first kappa shape index (κ1) is 15.5. The minimum atomic E-state index is 0.478. The summed E-state index contributed by atoms with van der Waals surface area (Å²) < 4.78 is 5.96. The molecule has 2 rings (SSSR count). The van der Waals surface area contributed by atoms with Crippen molar-refractivity contribution >= 4 is 0 Å². The molecule has 1 saturated carbocycles. The van der Waals surface area contributed by atoms with Crippen LogP contribution in [0.5, 0.6) is 0 Å². The Bertz CT molecular complexity index is 346. The van der Waals surface area contributed by atoms with Crippen molar-refractivity contribution in [3.63, 3.8) is 0 Å². The van der Waals surface area contributed by atoms with Crippen molar-refractivity contribution in [2.45, 2.75) is 64.0 Å². The lowest BCUT2D eigenvalue weighted by Gasteiger charge is -2.22. The normalized spacial score (nSPS) is 18.1. The van der Waals surface area contributed by atoms with Crippen molar-refractivity contribution in [1.82, 2.24) is 5.32 Å². The summed E-state index contributed by atoms with van der Waals surface area (Å²) >= 11 is 0. The molecule has 1 unspecified atom stereocenters. The van der Waals surface area contributed by atoms with Crippen LogP contribution in [0.3, 0.4) is 0 Å². The van der Waals surface area contributed by atoms with Gasteiger partial charge in [0, 0.05) is 12.6 Å². The van der Waals surface area contributed by atoms with Gasteiger partial charge in [-0.25, -0.2) is 0 Å². The lowest BCUT2D eigenvalue weighted by Crippen LogP contribution is -2.24. The highest BCUT2D eigenvalue weighted by atomic mass is 16.5. The fourth-order valence-electron chi connectivity index (χ4n) is 3.01. The van der Waals surface area contributed by atoms with E-state index in [1.54, 1.807) is 0 Å². The van der Waals surface area contributed by atoms with Gasteiger partial charge in [-0.3, -0.25) is 0 Å². The zero-order valence-electron chi connectivity index (χ0n) is 12.8. The molecule has 20 heavy (non-hydrogen) atoms. The summed E-state index contributed by atoms with van der Waals surface area (Å²) in [4.78, 5) is 0. The fraction of sp³-hybridized carbons (Fsp3) is 0.667. The summed E-state index contributed by atoms with van der Waals surface area (Å²) in [6.07, 6.45) is 9.44. The van der Waals surface area contributed by atoms with Crippen molar-refractivity contribution in [1.29, 1.82) is 0 Å². The summed E-state index contributed by atoms with van der Waals surface area (Å²) in [6, 6.07) is 11.2. The Morgan fingerprint density at radius 2 is 1.90 bits per heavy atom. The molecule has 0 aliphatic heterocycles. The summed E-state index contributed by atoms with van der Waals surface area (Å²) in [5.41, 5.74) is 1.39. The van der Waals surface area contributed by atoms with E-state index in [-0.39, 0.29) is 0 Å². The maximum Gasteiger partial charge on any atom is 0.0575 e. The van der Waals surface area contributed by atoms with E-state index in [1.165, 1.54) is 37.7 Å². The Morgan fingerprint density at radius 3 is 2.60 bits per heavy atom. The fourth-order valence-corrected chi connectivity index (χ4v) is 3.01. The van der Waals surface area contributed by atoms with Gasteiger partial charge in [0.05, 0.1) is 6.10 Å². The van der Waals surface area contributed by atoms with Crippen LogP contribution in [0.15, 0.2) is 30.3 Å². The highest BCUT2D eigenvalue weighted by Gasteiger charge is 2.13. The second kappa shape index (κ2) is 9.15. The average molecular weight is 275 g/mol.